The minimum atomic E-state index is 0.461. The van der Waals surface area contributed by atoms with Gasteiger partial charge in [0.15, 0.2) is 5.96 Å². The van der Waals surface area contributed by atoms with Gasteiger partial charge in [-0.05, 0) is 38.8 Å². The van der Waals surface area contributed by atoms with Crippen LogP contribution in [0.5, 0.6) is 0 Å². The summed E-state index contributed by atoms with van der Waals surface area (Å²) in [6, 6.07) is 12.1. The highest BCUT2D eigenvalue weighted by atomic mass is 16.5. The maximum Gasteiger partial charge on any atom is 0.191 e. The van der Waals surface area contributed by atoms with E-state index >= 15 is 0 Å². The summed E-state index contributed by atoms with van der Waals surface area (Å²) < 4.78 is 5.55. The molecule has 2 fully saturated rings. The average molecular weight is 374 g/mol. The number of morpholine rings is 1. The van der Waals surface area contributed by atoms with E-state index in [1.165, 1.54) is 5.69 Å². The number of nitrogens with one attached hydrogen (secondary N) is 2. The van der Waals surface area contributed by atoms with Gasteiger partial charge < -0.3 is 20.3 Å². The van der Waals surface area contributed by atoms with Crippen molar-refractivity contribution in [2.45, 2.75) is 44.8 Å². The molecule has 0 amide bonds. The van der Waals surface area contributed by atoms with Crippen LogP contribution in [0.2, 0.25) is 0 Å². The number of ether oxygens (including phenoxy) is 1. The summed E-state index contributed by atoms with van der Waals surface area (Å²) in [6.45, 7) is 10.3. The summed E-state index contributed by atoms with van der Waals surface area (Å²) in [5.41, 5.74) is 1.33. The first kappa shape index (κ1) is 20.0. The summed E-state index contributed by atoms with van der Waals surface area (Å²) in [6.07, 6.45) is 2.26. The molecule has 0 radical (unpaired) electrons. The van der Waals surface area contributed by atoms with Crippen LogP contribution in [-0.4, -0.2) is 75.4 Å². The Morgan fingerprint density at radius 2 is 1.96 bits per heavy atom. The Morgan fingerprint density at radius 3 is 2.63 bits per heavy atom. The van der Waals surface area contributed by atoms with E-state index in [-0.39, 0.29) is 0 Å². The molecule has 150 valence electrons. The number of aliphatic imine (C=N–C) groups is 1. The van der Waals surface area contributed by atoms with Crippen LogP contribution in [0.4, 0.5) is 5.69 Å². The lowest BCUT2D eigenvalue weighted by molar-refractivity contribution is -0.0174. The molecule has 1 aromatic rings. The monoisotopic (exact) mass is 373 g/mol. The number of guanidine groups is 1. The first-order valence-corrected chi connectivity index (χ1v) is 10.3. The van der Waals surface area contributed by atoms with Crippen molar-refractivity contribution in [1.82, 2.24) is 15.5 Å². The van der Waals surface area contributed by atoms with Crippen molar-refractivity contribution in [2.75, 3.05) is 51.3 Å². The first-order chi connectivity index (χ1) is 13.2. The third kappa shape index (κ3) is 5.59. The van der Waals surface area contributed by atoms with Crippen LogP contribution in [0.25, 0.3) is 0 Å². The summed E-state index contributed by atoms with van der Waals surface area (Å²) in [7, 11) is 1.86. The molecule has 0 spiro atoms. The molecule has 2 unspecified atom stereocenters. The standard InChI is InChI=1S/C21H35N5O/c1-17(26-13-14-27-16-18(26)2)15-23-21(22-3)24-19-9-11-25(12-10-19)20-7-5-4-6-8-20/h4-8,17-19H,9-16H2,1-3H3,(H2,22,23,24). The van der Waals surface area contributed by atoms with Crippen molar-refractivity contribution >= 4 is 11.6 Å². The van der Waals surface area contributed by atoms with E-state index in [4.69, 9.17) is 4.74 Å². The van der Waals surface area contributed by atoms with Gasteiger partial charge in [-0.3, -0.25) is 9.89 Å². The minimum Gasteiger partial charge on any atom is -0.379 e. The zero-order chi connectivity index (χ0) is 19.1. The van der Waals surface area contributed by atoms with E-state index < -0.39 is 0 Å². The Kier molecular flexibility index (Phi) is 7.35. The molecule has 0 aliphatic carbocycles. The van der Waals surface area contributed by atoms with Crippen LogP contribution in [0.3, 0.4) is 0 Å². The van der Waals surface area contributed by atoms with Gasteiger partial charge in [0.05, 0.1) is 13.2 Å². The molecular formula is C21H35N5O. The van der Waals surface area contributed by atoms with Gasteiger partial charge in [-0.2, -0.15) is 0 Å². The fraction of sp³-hybridized carbons (Fsp3) is 0.667. The van der Waals surface area contributed by atoms with Gasteiger partial charge in [0, 0.05) is 57.0 Å². The van der Waals surface area contributed by atoms with Crippen molar-refractivity contribution in [3.63, 3.8) is 0 Å². The number of nitrogens with zero attached hydrogens (tertiary/aromatic N) is 3. The van der Waals surface area contributed by atoms with E-state index in [0.717, 1.165) is 58.2 Å². The van der Waals surface area contributed by atoms with Crippen molar-refractivity contribution < 1.29 is 4.74 Å². The van der Waals surface area contributed by atoms with Crippen molar-refractivity contribution in [2.24, 2.45) is 4.99 Å². The largest absolute Gasteiger partial charge is 0.379 e. The number of para-hydroxylation sites is 1. The Morgan fingerprint density at radius 1 is 1.22 bits per heavy atom. The molecule has 0 aromatic heterocycles. The van der Waals surface area contributed by atoms with Crippen LogP contribution in [0.15, 0.2) is 35.3 Å². The molecule has 2 aliphatic heterocycles. The van der Waals surface area contributed by atoms with Gasteiger partial charge in [-0.15, -0.1) is 0 Å². The van der Waals surface area contributed by atoms with Gasteiger partial charge >= 0.3 is 0 Å². The second-order valence-corrected chi connectivity index (χ2v) is 7.71. The number of piperidine rings is 1. The normalized spacial score (nSPS) is 23.9. The predicted octanol–water partition coefficient (Wildman–Crippen LogP) is 1.93. The number of rotatable bonds is 5. The third-order valence-corrected chi connectivity index (χ3v) is 5.73. The molecular weight excluding hydrogens is 338 g/mol. The van der Waals surface area contributed by atoms with Crippen LogP contribution in [0, 0.1) is 0 Å². The lowest BCUT2D eigenvalue weighted by atomic mass is 10.0. The Labute approximate surface area is 164 Å². The van der Waals surface area contributed by atoms with E-state index in [9.17, 15) is 0 Å². The number of anilines is 1. The van der Waals surface area contributed by atoms with Gasteiger partial charge in [0.25, 0.3) is 0 Å². The SMILES string of the molecule is CN=C(NCC(C)N1CCOCC1C)NC1CCN(c2ccccc2)CC1. The number of benzene rings is 1. The van der Waals surface area contributed by atoms with Gasteiger partial charge in [-0.1, -0.05) is 18.2 Å². The second kappa shape index (κ2) is 9.95. The Balaban J connectivity index is 1.41. The van der Waals surface area contributed by atoms with Crippen LogP contribution < -0.4 is 15.5 Å². The van der Waals surface area contributed by atoms with Gasteiger partial charge in [0.1, 0.15) is 0 Å². The Hall–Kier alpha value is -1.79. The molecule has 6 nitrogen and oxygen atoms in total. The quantitative estimate of drug-likeness (QED) is 0.610. The van der Waals surface area contributed by atoms with E-state index in [0.29, 0.717) is 18.1 Å². The molecule has 2 heterocycles. The number of hydrogen-bond acceptors (Lipinski definition) is 4. The Bertz CT molecular complexity index is 585. The molecule has 1 aromatic carbocycles. The fourth-order valence-electron chi connectivity index (χ4n) is 4.07. The molecule has 2 saturated heterocycles. The fourth-order valence-corrected chi connectivity index (χ4v) is 4.07. The predicted molar refractivity (Wildman–Crippen MR) is 113 cm³/mol. The molecule has 2 atom stereocenters. The molecule has 2 aliphatic rings. The van der Waals surface area contributed by atoms with Crippen LogP contribution >= 0.6 is 0 Å². The highest BCUT2D eigenvalue weighted by molar-refractivity contribution is 5.80. The molecule has 0 bridgehead atoms. The summed E-state index contributed by atoms with van der Waals surface area (Å²) in [4.78, 5) is 9.42. The summed E-state index contributed by atoms with van der Waals surface area (Å²) in [5.74, 6) is 0.918. The molecule has 27 heavy (non-hydrogen) atoms. The molecule has 2 N–H and O–H groups in total. The molecule has 0 saturated carbocycles. The zero-order valence-electron chi connectivity index (χ0n) is 17.0. The van der Waals surface area contributed by atoms with Crippen molar-refractivity contribution in [1.29, 1.82) is 0 Å². The van der Waals surface area contributed by atoms with Gasteiger partial charge in [0.2, 0.25) is 0 Å². The third-order valence-electron chi connectivity index (χ3n) is 5.73. The minimum absolute atomic E-state index is 0.461. The molecule has 3 rings (SSSR count). The van der Waals surface area contributed by atoms with Crippen LogP contribution in [0.1, 0.15) is 26.7 Å². The van der Waals surface area contributed by atoms with E-state index in [1.807, 2.05) is 7.05 Å². The van der Waals surface area contributed by atoms with Crippen molar-refractivity contribution in [3.05, 3.63) is 30.3 Å². The first-order valence-electron chi connectivity index (χ1n) is 10.3. The lowest BCUT2D eigenvalue weighted by Gasteiger charge is -2.38. The highest BCUT2D eigenvalue weighted by Crippen LogP contribution is 2.19. The van der Waals surface area contributed by atoms with Gasteiger partial charge in [-0.25, -0.2) is 0 Å². The smallest absolute Gasteiger partial charge is 0.191 e. The van der Waals surface area contributed by atoms with Crippen molar-refractivity contribution in [3.8, 4) is 0 Å². The van der Waals surface area contributed by atoms with Crippen LogP contribution in [-0.2, 0) is 4.74 Å². The average Bonchev–Trinajstić information content (AvgIpc) is 2.72. The van der Waals surface area contributed by atoms with E-state index in [2.05, 4.69) is 69.6 Å². The van der Waals surface area contributed by atoms with E-state index in [1.54, 1.807) is 0 Å². The second-order valence-electron chi connectivity index (χ2n) is 7.71. The summed E-state index contributed by atoms with van der Waals surface area (Å²) >= 11 is 0. The summed E-state index contributed by atoms with van der Waals surface area (Å²) in [5, 5.41) is 7.14. The zero-order valence-corrected chi connectivity index (χ0v) is 17.0. The highest BCUT2D eigenvalue weighted by Gasteiger charge is 2.24. The lowest BCUT2D eigenvalue weighted by Crippen LogP contribution is -2.54. The molecule has 6 heteroatoms. The number of hydrogen-bond donors (Lipinski definition) is 2. The topological polar surface area (TPSA) is 52.1 Å². The maximum absolute atomic E-state index is 5.55. The maximum atomic E-state index is 5.55.